The molecule has 0 heterocycles. The average Bonchev–Trinajstić information content (AvgIpc) is 2.46. The molecule has 3 N–H and O–H groups in total. The molecule has 2 unspecified atom stereocenters. The number of hydrogen-bond acceptors (Lipinski definition) is 3. The van der Waals surface area contributed by atoms with Crippen molar-refractivity contribution in [3.05, 3.63) is 23.2 Å². The standard InChI is InChI=1S/C20H25ClN2O3/c1-12(24)22-17-3-2-15(5-16(17)21)23-18(25)10-19-6-13-4-14(7-19)9-20(26,8-13)11-19/h2-3,5,13-14,26H,4,6-11H2,1H3,(H,22,24)(H,23,25). The zero-order valence-electron chi connectivity index (χ0n) is 15.0. The summed E-state index contributed by atoms with van der Waals surface area (Å²) in [7, 11) is 0. The maximum absolute atomic E-state index is 12.7. The van der Waals surface area contributed by atoms with Gasteiger partial charge in [-0.2, -0.15) is 0 Å². The van der Waals surface area contributed by atoms with Crippen molar-refractivity contribution in [3.8, 4) is 0 Å². The highest BCUT2D eigenvalue weighted by Gasteiger charge is 2.57. The first-order valence-electron chi connectivity index (χ1n) is 9.34. The van der Waals surface area contributed by atoms with E-state index in [2.05, 4.69) is 10.6 Å². The van der Waals surface area contributed by atoms with Crippen LogP contribution in [-0.4, -0.2) is 22.5 Å². The lowest BCUT2D eigenvalue weighted by molar-refractivity contribution is -0.167. The molecule has 4 aliphatic carbocycles. The summed E-state index contributed by atoms with van der Waals surface area (Å²) in [6.45, 7) is 1.42. The third-order valence-electron chi connectivity index (χ3n) is 6.25. The molecule has 2 atom stereocenters. The number of halogens is 1. The van der Waals surface area contributed by atoms with E-state index in [9.17, 15) is 14.7 Å². The lowest BCUT2D eigenvalue weighted by Crippen LogP contribution is -2.56. The molecule has 4 saturated carbocycles. The third-order valence-corrected chi connectivity index (χ3v) is 6.56. The number of rotatable bonds is 4. The Morgan fingerprint density at radius 1 is 1.19 bits per heavy atom. The molecule has 4 fully saturated rings. The van der Waals surface area contributed by atoms with Gasteiger partial charge in [-0.1, -0.05) is 11.6 Å². The molecular formula is C20H25ClN2O3. The average molecular weight is 377 g/mol. The van der Waals surface area contributed by atoms with Crippen molar-refractivity contribution in [2.75, 3.05) is 10.6 Å². The largest absolute Gasteiger partial charge is 0.390 e. The fourth-order valence-electron chi connectivity index (χ4n) is 6.04. The lowest BCUT2D eigenvalue weighted by Gasteiger charge is -2.60. The number of carbonyl (C=O) groups is 2. The van der Waals surface area contributed by atoms with E-state index in [1.54, 1.807) is 18.2 Å². The summed E-state index contributed by atoms with van der Waals surface area (Å²) in [4.78, 5) is 23.8. The van der Waals surface area contributed by atoms with Crippen LogP contribution >= 0.6 is 11.6 Å². The minimum absolute atomic E-state index is 0.0288. The van der Waals surface area contributed by atoms with Gasteiger partial charge in [-0.3, -0.25) is 9.59 Å². The normalized spacial score (nSPS) is 34.6. The molecule has 5 nitrogen and oxygen atoms in total. The molecule has 4 aliphatic rings. The number of carbonyl (C=O) groups excluding carboxylic acids is 2. The molecule has 2 amide bonds. The Bertz CT molecular complexity index is 749. The number of nitrogens with one attached hydrogen (secondary N) is 2. The smallest absolute Gasteiger partial charge is 0.224 e. The molecule has 0 aromatic heterocycles. The van der Waals surface area contributed by atoms with Crippen LogP contribution in [-0.2, 0) is 9.59 Å². The van der Waals surface area contributed by atoms with Crippen molar-refractivity contribution in [2.45, 2.75) is 57.5 Å². The Morgan fingerprint density at radius 2 is 1.88 bits per heavy atom. The van der Waals surface area contributed by atoms with E-state index in [1.165, 1.54) is 13.3 Å². The molecule has 0 spiro atoms. The molecule has 5 rings (SSSR count). The summed E-state index contributed by atoms with van der Waals surface area (Å²) in [5, 5.41) is 16.8. The van der Waals surface area contributed by atoms with Gasteiger partial charge >= 0.3 is 0 Å². The second-order valence-electron chi connectivity index (χ2n) is 8.79. The minimum Gasteiger partial charge on any atom is -0.390 e. The predicted octanol–water partition coefficient (Wildman–Crippen LogP) is 3.96. The van der Waals surface area contributed by atoms with E-state index in [0.717, 1.165) is 32.1 Å². The van der Waals surface area contributed by atoms with Crippen LogP contribution in [0.2, 0.25) is 5.02 Å². The highest BCUT2D eigenvalue weighted by molar-refractivity contribution is 6.34. The molecule has 1 aromatic rings. The van der Waals surface area contributed by atoms with Crippen molar-refractivity contribution in [1.82, 2.24) is 0 Å². The van der Waals surface area contributed by atoms with Gasteiger partial charge < -0.3 is 15.7 Å². The van der Waals surface area contributed by atoms with Crippen molar-refractivity contribution >= 4 is 34.8 Å². The van der Waals surface area contributed by atoms with Crippen LogP contribution in [0.15, 0.2) is 18.2 Å². The summed E-state index contributed by atoms with van der Waals surface area (Å²) < 4.78 is 0. The van der Waals surface area contributed by atoms with Crippen LogP contribution < -0.4 is 10.6 Å². The number of aliphatic hydroxyl groups is 1. The fourth-order valence-corrected chi connectivity index (χ4v) is 6.27. The Morgan fingerprint density at radius 3 is 2.46 bits per heavy atom. The zero-order valence-corrected chi connectivity index (χ0v) is 15.7. The molecule has 6 heteroatoms. The van der Waals surface area contributed by atoms with Gasteiger partial charge in [0.05, 0.1) is 16.3 Å². The van der Waals surface area contributed by atoms with Crippen molar-refractivity contribution < 1.29 is 14.7 Å². The third kappa shape index (κ3) is 3.47. The summed E-state index contributed by atoms with van der Waals surface area (Å²) in [6.07, 6.45) is 6.35. The van der Waals surface area contributed by atoms with E-state index in [4.69, 9.17) is 11.6 Å². The Hall–Kier alpha value is -1.59. The molecular weight excluding hydrogens is 352 g/mol. The molecule has 0 radical (unpaired) electrons. The van der Waals surface area contributed by atoms with Crippen LogP contribution in [0.5, 0.6) is 0 Å². The number of benzene rings is 1. The van der Waals surface area contributed by atoms with E-state index in [1.807, 2.05) is 0 Å². The highest BCUT2D eigenvalue weighted by atomic mass is 35.5. The van der Waals surface area contributed by atoms with Gasteiger partial charge in [0.1, 0.15) is 0 Å². The van der Waals surface area contributed by atoms with Crippen molar-refractivity contribution in [2.24, 2.45) is 17.3 Å². The molecule has 26 heavy (non-hydrogen) atoms. The lowest BCUT2D eigenvalue weighted by atomic mass is 9.47. The van der Waals surface area contributed by atoms with E-state index >= 15 is 0 Å². The van der Waals surface area contributed by atoms with Gasteiger partial charge in [0.2, 0.25) is 11.8 Å². The van der Waals surface area contributed by atoms with Gasteiger partial charge in [-0.15, -0.1) is 0 Å². The second-order valence-corrected chi connectivity index (χ2v) is 9.19. The van der Waals surface area contributed by atoms with Crippen molar-refractivity contribution in [1.29, 1.82) is 0 Å². The molecule has 140 valence electrons. The van der Waals surface area contributed by atoms with Crippen LogP contribution in [0.25, 0.3) is 0 Å². The molecule has 0 saturated heterocycles. The first-order valence-corrected chi connectivity index (χ1v) is 9.71. The number of anilines is 2. The maximum Gasteiger partial charge on any atom is 0.224 e. The van der Waals surface area contributed by atoms with Crippen molar-refractivity contribution in [3.63, 3.8) is 0 Å². The highest BCUT2D eigenvalue weighted by Crippen LogP contribution is 2.62. The maximum atomic E-state index is 12.7. The predicted molar refractivity (Wildman–Crippen MR) is 101 cm³/mol. The first-order chi connectivity index (χ1) is 12.2. The first kappa shape index (κ1) is 17.8. The van der Waals surface area contributed by atoms with Gasteiger partial charge in [0.15, 0.2) is 0 Å². The molecule has 4 bridgehead atoms. The second kappa shape index (κ2) is 6.24. The van der Waals surface area contributed by atoms with Gasteiger partial charge in [0, 0.05) is 19.0 Å². The summed E-state index contributed by atoms with van der Waals surface area (Å²) in [5.74, 6) is 0.920. The monoisotopic (exact) mass is 376 g/mol. The van der Waals surface area contributed by atoms with Crippen LogP contribution in [0.1, 0.15) is 51.9 Å². The summed E-state index contributed by atoms with van der Waals surface area (Å²) >= 11 is 6.18. The topological polar surface area (TPSA) is 78.4 Å². The molecule has 1 aromatic carbocycles. The van der Waals surface area contributed by atoms with Crippen LogP contribution in [0.4, 0.5) is 11.4 Å². The fraction of sp³-hybridized carbons (Fsp3) is 0.600. The van der Waals surface area contributed by atoms with Gasteiger partial charge in [-0.05, 0) is 74.0 Å². The Kier molecular flexibility index (Phi) is 4.27. The molecule has 0 aliphatic heterocycles. The quantitative estimate of drug-likeness (QED) is 0.744. The zero-order chi connectivity index (χ0) is 18.5. The SMILES string of the molecule is CC(=O)Nc1ccc(NC(=O)CC23CC4CC(CC(O)(C4)C2)C3)cc1Cl. The van der Waals surface area contributed by atoms with Gasteiger partial charge in [0.25, 0.3) is 0 Å². The van der Waals surface area contributed by atoms with E-state index in [-0.39, 0.29) is 17.2 Å². The van der Waals surface area contributed by atoms with Crippen LogP contribution in [0, 0.1) is 17.3 Å². The van der Waals surface area contributed by atoms with Crippen LogP contribution in [0.3, 0.4) is 0 Å². The number of hydrogen-bond donors (Lipinski definition) is 3. The van der Waals surface area contributed by atoms with E-state index in [0.29, 0.717) is 34.7 Å². The Labute approximate surface area is 158 Å². The number of amides is 2. The minimum atomic E-state index is -0.548. The summed E-state index contributed by atoms with van der Waals surface area (Å²) in [5.41, 5.74) is 0.550. The summed E-state index contributed by atoms with van der Waals surface area (Å²) in [6, 6.07) is 5.08. The Balaban J connectivity index is 1.43. The van der Waals surface area contributed by atoms with E-state index < -0.39 is 5.60 Å². The van der Waals surface area contributed by atoms with Gasteiger partial charge in [-0.25, -0.2) is 0 Å².